The van der Waals surface area contributed by atoms with Crippen molar-refractivity contribution in [1.82, 2.24) is 15.5 Å². The highest BCUT2D eigenvalue weighted by Crippen LogP contribution is 2.23. The van der Waals surface area contributed by atoms with E-state index < -0.39 is 0 Å². The molecule has 0 fully saturated rings. The first kappa shape index (κ1) is 18.7. The van der Waals surface area contributed by atoms with Crippen molar-refractivity contribution < 1.29 is 4.79 Å². The fraction of sp³-hybridized carbons (Fsp3) is 0.120. The first-order chi connectivity index (χ1) is 14.3. The zero-order chi connectivity index (χ0) is 19.9. The second-order valence-electron chi connectivity index (χ2n) is 6.96. The Bertz CT molecular complexity index is 1050. The lowest BCUT2D eigenvalue weighted by molar-refractivity contribution is 0.0953. The molecule has 0 radical (unpaired) electrons. The number of aromatic amines is 1. The molecule has 2 N–H and O–H groups in total. The summed E-state index contributed by atoms with van der Waals surface area (Å²) in [5.41, 5.74) is 5.86. The van der Waals surface area contributed by atoms with Gasteiger partial charge in [-0.15, -0.1) is 0 Å². The number of rotatable bonds is 7. The van der Waals surface area contributed by atoms with Crippen molar-refractivity contribution in [3.8, 4) is 22.5 Å². The van der Waals surface area contributed by atoms with E-state index in [1.807, 2.05) is 78.9 Å². The Kier molecular flexibility index (Phi) is 5.81. The van der Waals surface area contributed by atoms with Crippen LogP contribution in [0.2, 0.25) is 0 Å². The van der Waals surface area contributed by atoms with E-state index in [4.69, 9.17) is 0 Å². The van der Waals surface area contributed by atoms with Gasteiger partial charge >= 0.3 is 0 Å². The summed E-state index contributed by atoms with van der Waals surface area (Å²) in [5.74, 6) is -0.0424. The minimum absolute atomic E-state index is 0.0424. The zero-order valence-corrected chi connectivity index (χ0v) is 16.1. The Labute approximate surface area is 170 Å². The van der Waals surface area contributed by atoms with E-state index >= 15 is 0 Å². The van der Waals surface area contributed by atoms with E-state index in [0.717, 1.165) is 35.4 Å². The molecule has 4 heteroatoms. The normalized spacial score (nSPS) is 10.6. The number of hydrogen-bond donors (Lipinski definition) is 2. The molecule has 144 valence electrons. The van der Waals surface area contributed by atoms with Crippen molar-refractivity contribution in [3.63, 3.8) is 0 Å². The molecule has 4 rings (SSSR count). The Balaban J connectivity index is 1.33. The minimum Gasteiger partial charge on any atom is -0.352 e. The molecule has 0 atom stereocenters. The second-order valence-corrected chi connectivity index (χ2v) is 6.96. The average Bonchev–Trinajstić information content (AvgIpc) is 3.28. The number of carbonyl (C=O) groups excluding carboxylic acids is 1. The van der Waals surface area contributed by atoms with Crippen molar-refractivity contribution in [2.75, 3.05) is 6.54 Å². The van der Waals surface area contributed by atoms with Gasteiger partial charge in [-0.3, -0.25) is 9.89 Å². The number of nitrogens with zero attached hydrogens (tertiary/aromatic N) is 1. The highest BCUT2D eigenvalue weighted by molar-refractivity contribution is 5.94. The van der Waals surface area contributed by atoms with Crippen LogP contribution in [-0.2, 0) is 6.42 Å². The van der Waals surface area contributed by atoms with Gasteiger partial charge in [0.2, 0.25) is 0 Å². The standard InChI is InChI=1S/C25H23N3O/c29-25(26-17-7-10-19-8-3-1-4-9-19)22-15-13-21(14-16-22)24-18-23(27-28-24)20-11-5-2-6-12-20/h1-6,8-9,11-16,18H,7,10,17H2,(H,26,29)(H,27,28). The van der Waals surface area contributed by atoms with Crippen molar-refractivity contribution in [3.05, 3.63) is 102 Å². The summed E-state index contributed by atoms with van der Waals surface area (Å²) in [7, 11) is 0. The number of amides is 1. The molecule has 4 aromatic rings. The van der Waals surface area contributed by atoms with Gasteiger partial charge in [-0.25, -0.2) is 0 Å². The molecular weight excluding hydrogens is 358 g/mol. The topological polar surface area (TPSA) is 57.8 Å². The van der Waals surface area contributed by atoms with Gasteiger partial charge in [0.15, 0.2) is 0 Å². The Hall–Kier alpha value is -3.66. The first-order valence-corrected chi connectivity index (χ1v) is 9.83. The molecular formula is C25H23N3O. The van der Waals surface area contributed by atoms with Gasteiger partial charge in [0.05, 0.1) is 11.4 Å². The molecule has 4 nitrogen and oxygen atoms in total. The van der Waals surface area contributed by atoms with Crippen LogP contribution in [0.1, 0.15) is 22.3 Å². The number of carbonyl (C=O) groups is 1. The molecule has 29 heavy (non-hydrogen) atoms. The Morgan fingerprint density at radius 3 is 2.24 bits per heavy atom. The third-order valence-electron chi connectivity index (χ3n) is 4.88. The number of aryl methyl sites for hydroxylation is 1. The summed E-state index contributed by atoms with van der Waals surface area (Å²) < 4.78 is 0. The van der Waals surface area contributed by atoms with Crippen LogP contribution in [0.4, 0.5) is 0 Å². The monoisotopic (exact) mass is 381 g/mol. The van der Waals surface area contributed by atoms with Gasteiger partial charge in [-0.05, 0) is 42.2 Å². The Morgan fingerprint density at radius 1 is 0.828 bits per heavy atom. The summed E-state index contributed by atoms with van der Waals surface area (Å²) in [5, 5.41) is 10.5. The summed E-state index contributed by atoms with van der Waals surface area (Å²) >= 11 is 0. The van der Waals surface area contributed by atoms with Crippen LogP contribution in [-0.4, -0.2) is 22.6 Å². The molecule has 0 aliphatic carbocycles. The first-order valence-electron chi connectivity index (χ1n) is 9.83. The maximum absolute atomic E-state index is 12.4. The van der Waals surface area contributed by atoms with Crippen LogP contribution < -0.4 is 5.32 Å². The molecule has 0 aliphatic rings. The zero-order valence-electron chi connectivity index (χ0n) is 16.1. The molecule has 0 bridgehead atoms. The molecule has 1 amide bonds. The number of benzene rings is 3. The van der Waals surface area contributed by atoms with Crippen LogP contribution in [0, 0.1) is 0 Å². The van der Waals surface area contributed by atoms with E-state index in [1.54, 1.807) is 0 Å². The lowest BCUT2D eigenvalue weighted by Crippen LogP contribution is -2.24. The molecule has 1 aromatic heterocycles. The summed E-state index contributed by atoms with van der Waals surface area (Å²) in [6, 6.07) is 30.0. The highest BCUT2D eigenvalue weighted by Gasteiger charge is 2.08. The number of hydrogen-bond acceptors (Lipinski definition) is 2. The lowest BCUT2D eigenvalue weighted by Gasteiger charge is -2.06. The fourth-order valence-electron chi connectivity index (χ4n) is 3.27. The molecule has 3 aromatic carbocycles. The maximum atomic E-state index is 12.4. The van der Waals surface area contributed by atoms with Crippen LogP contribution in [0.25, 0.3) is 22.5 Å². The third kappa shape index (κ3) is 4.79. The van der Waals surface area contributed by atoms with Gasteiger partial charge in [0.1, 0.15) is 0 Å². The molecule has 0 saturated carbocycles. The largest absolute Gasteiger partial charge is 0.352 e. The summed E-state index contributed by atoms with van der Waals surface area (Å²) in [4.78, 5) is 12.4. The highest BCUT2D eigenvalue weighted by atomic mass is 16.1. The molecule has 0 spiro atoms. The lowest BCUT2D eigenvalue weighted by atomic mass is 10.1. The van der Waals surface area contributed by atoms with E-state index in [0.29, 0.717) is 12.1 Å². The van der Waals surface area contributed by atoms with Gasteiger partial charge < -0.3 is 5.32 Å². The quantitative estimate of drug-likeness (QED) is 0.437. The maximum Gasteiger partial charge on any atom is 0.251 e. The average molecular weight is 381 g/mol. The Morgan fingerprint density at radius 2 is 1.52 bits per heavy atom. The van der Waals surface area contributed by atoms with Crippen molar-refractivity contribution >= 4 is 5.91 Å². The number of nitrogens with one attached hydrogen (secondary N) is 2. The predicted octanol–water partition coefficient (Wildman–Crippen LogP) is 5.11. The van der Waals surface area contributed by atoms with Gasteiger partial charge in [0, 0.05) is 17.7 Å². The van der Waals surface area contributed by atoms with Crippen molar-refractivity contribution in [2.24, 2.45) is 0 Å². The SMILES string of the molecule is O=C(NCCCc1ccccc1)c1ccc(-c2cc(-c3ccccc3)n[nH]2)cc1. The number of H-pyrrole nitrogens is 1. The van der Waals surface area contributed by atoms with E-state index in [1.165, 1.54) is 5.56 Å². The fourth-order valence-corrected chi connectivity index (χ4v) is 3.27. The van der Waals surface area contributed by atoms with Crippen molar-refractivity contribution in [1.29, 1.82) is 0 Å². The van der Waals surface area contributed by atoms with Crippen LogP contribution >= 0.6 is 0 Å². The molecule has 0 unspecified atom stereocenters. The van der Waals surface area contributed by atoms with E-state index in [9.17, 15) is 4.79 Å². The molecule has 1 heterocycles. The van der Waals surface area contributed by atoms with Gasteiger partial charge in [-0.1, -0.05) is 72.8 Å². The van der Waals surface area contributed by atoms with Crippen LogP contribution in [0.5, 0.6) is 0 Å². The van der Waals surface area contributed by atoms with E-state index in [2.05, 4.69) is 27.6 Å². The van der Waals surface area contributed by atoms with Gasteiger partial charge in [-0.2, -0.15) is 5.10 Å². The predicted molar refractivity (Wildman–Crippen MR) is 117 cm³/mol. The van der Waals surface area contributed by atoms with Crippen molar-refractivity contribution in [2.45, 2.75) is 12.8 Å². The van der Waals surface area contributed by atoms with Crippen LogP contribution in [0.15, 0.2) is 91.0 Å². The van der Waals surface area contributed by atoms with Gasteiger partial charge in [0.25, 0.3) is 5.91 Å². The molecule has 0 saturated heterocycles. The van der Waals surface area contributed by atoms with Crippen LogP contribution in [0.3, 0.4) is 0 Å². The third-order valence-corrected chi connectivity index (χ3v) is 4.88. The summed E-state index contributed by atoms with van der Waals surface area (Å²) in [6.07, 6.45) is 1.88. The number of aromatic nitrogens is 2. The van der Waals surface area contributed by atoms with E-state index in [-0.39, 0.29) is 5.91 Å². The smallest absolute Gasteiger partial charge is 0.251 e. The summed E-state index contributed by atoms with van der Waals surface area (Å²) in [6.45, 7) is 0.663. The molecule has 0 aliphatic heterocycles. The second kappa shape index (κ2) is 9.02. The minimum atomic E-state index is -0.0424.